The highest BCUT2D eigenvalue weighted by Gasteiger charge is 2.22. The number of nitrogens with zero attached hydrogens (tertiary/aromatic N) is 5. The number of amides is 2. The Hall–Kier alpha value is -2.51. The Kier molecular flexibility index (Phi) is 4.73. The third-order valence-electron chi connectivity index (χ3n) is 4.43. The summed E-state index contributed by atoms with van der Waals surface area (Å²) in [4.78, 5) is 14.3. The molecule has 0 spiro atoms. The van der Waals surface area contributed by atoms with E-state index >= 15 is 0 Å². The van der Waals surface area contributed by atoms with Crippen molar-refractivity contribution in [1.82, 2.24) is 25.1 Å². The number of hydrogen-bond acceptors (Lipinski definition) is 4. The molecule has 0 unspecified atom stereocenters. The van der Waals surface area contributed by atoms with Gasteiger partial charge in [-0.25, -0.2) is 9.18 Å². The molecule has 0 radical (unpaired) electrons. The quantitative estimate of drug-likeness (QED) is 0.938. The van der Waals surface area contributed by atoms with Gasteiger partial charge in [-0.3, -0.25) is 0 Å². The fraction of sp³-hybridized carbons (Fsp3) is 0.500. The second kappa shape index (κ2) is 6.94. The summed E-state index contributed by atoms with van der Waals surface area (Å²) in [6.07, 6.45) is 3.26. The molecule has 3 rings (SSSR count). The number of anilines is 1. The standard InChI is InChI=1S/C16H21FN6O/c1-3-12-5-4-8-22(10-12)16(24)18-13-6-7-14(17)15(9-13)23-11(2)19-20-21-23/h6-7,9,12H,3-5,8,10H2,1-2H3,(H,18,24)/t12-/m0/s1. The van der Waals surface area contributed by atoms with E-state index in [2.05, 4.69) is 27.8 Å². The minimum Gasteiger partial charge on any atom is -0.324 e. The van der Waals surface area contributed by atoms with Crippen LogP contribution < -0.4 is 5.32 Å². The van der Waals surface area contributed by atoms with Crippen molar-refractivity contribution in [2.75, 3.05) is 18.4 Å². The summed E-state index contributed by atoms with van der Waals surface area (Å²) in [5.41, 5.74) is 0.727. The van der Waals surface area contributed by atoms with E-state index in [1.165, 1.54) is 29.3 Å². The third kappa shape index (κ3) is 3.37. The first-order valence-electron chi connectivity index (χ1n) is 8.19. The lowest BCUT2D eigenvalue weighted by Gasteiger charge is -2.32. The van der Waals surface area contributed by atoms with Crippen LogP contribution in [0.15, 0.2) is 18.2 Å². The van der Waals surface area contributed by atoms with E-state index in [1.54, 1.807) is 6.92 Å². The number of urea groups is 1. The van der Waals surface area contributed by atoms with Gasteiger partial charge < -0.3 is 10.2 Å². The molecule has 1 aromatic carbocycles. The van der Waals surface area contributed by atoms with Gasteiger partial charge in [0.1, 0.15) is 11.5 Å². The number of piperidine rings is 1. The Labute approximate surface area is 139 Å². The van der Waals surface area contributed by atoms with Gasteiger partial charge in [0.25, 0.3) is 0 Å². The molecule has 1 fully saturated rings. The van der Waals surface area contributed by atoms with Crippen LogP contribution in [0.25, 0.3) is 5.69 Å². The molecule has 1 aliphatic heterocycles. The second-order valence-electron chi connectivity index (χ2n) is 6.10. The number of carbonyl (C=O) groups excluding carboxylic acids is 1. The fourth-order valence-electron chi connectivity index (χ4n) is 2.99. The molecule has 0 bridgehead atoms. The van der Waals surface area contributed by atoms with Gasteiger partial charge in [-0.05, 0) is 54.3 Å². The van der Waals surface area contributed by atoms with Crippen LogP contribution in [-0.4, -0.2) is 44.2 Å². The Balaban J connectivity index is 1.76. The maximum absolute atomic E-state index is 14.1. The summed E-state index contributed by atoms with van der Waals surface area (Å²) in [5.74, 6) is 0.573. The maximum atomic E-state index is 14.1. The number of likely N-dealkylation sites (tertiary alicyclic amines) is 1. The first kappa shape index (κ1) is 16.4. The van der Waals surface area contributed by atoms with E-state index in [4.69, 9.17) is 0 Å². The summed E-state index contributed by atoms with van der Waals surface area (Å²) in [7, 11) is 0. The summed E-state index contributed by atoms with van der Waals surface area (Å²) in [6.45, 7) is 5.35. The SMILES string of the molecule is CC[C@H]1CCCN(C(=O)Nc2ccc(F)c(-n3nnnc3C)c2)C1. The highest BCUT2D eigenvalue weighted by molar-refractivity contribution is 5.89. The van der Waals surface area contributed by atoms with Crippen LogP contribution in [0, 0.1) is 18.7 Å². The Morgan fingerprint density at radius 2 is 2.29 bits per heavy atom. The lowest BCUT2D eigenvalue weighted by Crippen LogP contribution is -2.42. The molecule has 1 aromatic heterocycles. The minimum absolute atomic E-state index is 0.154. The van der Waals surface area contributed by atoms with Gasteiger partial charge in [0.2, 0.25) is 0 Å². The van der Waals surface area contributed by atoms with E-state index in [0.29, 0.717) is 17.4 Å². The van der Waals surface area contributed by atoms with Crippen molar-refractivity contribution in [3.63, 3.8) is 0 Å². The predicted molar refractivity (Wildman–Crippen MR) is 87.5 cm³/mol. The van der Waals surface area contributed by atoms with E-state index < -0.39 is 5.82 Å². The summed E-state index contributed by atoms with van der Waals surface area (Å²) in [6, 6.07) is 4.23. The highest BCUT2D eigenvalue weighted by Crippen LogP contribution is 2.22. The zero-order valence-corrected chi connectivity index (χ0v) is 13.9. The van der Waals surface area contributed by atoms with Crippen molar-refractivity contribution in [3.8, 4) is 5.69 Å². The molecule has 0 aliphatic carbocycles. The number of aromatic nitrogens is 4. The smallest absolute Gasteiger partial charge is 0.321 e. The van der Waals surface area contributed by atoms with Gasteiger partial charge in [-0.2, -0.15) is 4.68 Å². The number of halogens is 1. The molecule has 1 atom stereocenters. The van der Waals surface area contributed by atoms with Crippen molar-refractivity contribution in [3.05, 3.63) is 29.8 Å². The van der Waals surface area contributed by atoms with Crippen LogP contribution in [0.4, 0.5) is 14.9 Å². The Bertz CT molecular complexity index is 731. The largest absolute Gasteiger partial charge is 0.324 e. The predicted octanol–water partition coefficient (Wildman–Crippen LogP) is 2.76. The molecular weight excluding hydrogens is 311 g/mol. The van der Waals surface area contributed by atoms with Crippen molar-refractivity contribution in [2.45, 2.75) is 33.1 Å². The molecule has 0 saturated carbocycles. The summed E-state index contributed by atoms with van der Waals surface area (Å²) < 4.78 is 15.4. The average Bonchev–Trinajstić information content (AvgIpc) is 3.02. The summed E-state index contributed by atoms with van der Waals surface area (Å²) in [5, 5.41) is 13.9. The number of nitrogens with one attached hydrogen (secondary N) is 1. The molecule has 2 amide bonds. The zero-order chi connectivity index (χ0) is 17.1. The van der Waals surface area contributed by atoms with Crippen LogP contribution in [-0.2, 0) is 0 Å². The summed E-state index contributed by atoms with van der Waals surface area (Å²) >= 11 is 0. The number of aryl methyl sites for hydroxylation is 1. The van der Waals surface area contributed by atoms with Crippen LogP contribution in [0.1, 0.15) is 32.0 Å². The first-order chi connectivity index (χ1) is 11.6. The lowest BCUT2D eigenvalue weighted by atomic mass is 9.96. The maximum Gasteiger partial charge on any atom is 0.321 e. The Morgan fingerprint density at radius 1 is 1.46 bits per heavy atom. The van der Waals surface area contributed by atoms with Crippen LogP contribution in [0.2, 0.25) is 0 Å². The average molecular weight is 332 g/mol. The molecule has 2 aromatic rings. The minimum atomic E-state index is -0.451. The van der Waals surface area contributed by atoms with E-state index in [1.807, 2.05) is 4.90 Å². The van der Waals surface area contributed by atoms with Crippen molar-refractivity contribution in [2.24, 2.45) is 5.92 Å². The Morgan fingerprint density at radius 3 is 3.00 bits per heavy atom. The third-order valence-corrected chi connectivity index (χ3v) is 4.43. The molecule has 1 aliphatic rings. The number of hydrogen-bond donors (Lipinski definition) is 1. The van der Waals surface area contributed by atoms with Crippen LogP contribution in [0.5, 0.6) is 0 Å². The van der Waals surface area contributed by atoms with Gasteiger partial charge in [0.15, 0.2) is 5.82 Å². The van der Waals surface area contributed by atoms with Crippen molar-refractivity contribution < 1.29 is 9.18 Å². The number of benzene rings is 1. The number of carbonyl (C=O) groups is 1. The van der Waals surface area contributed by atoms with Gasteiger partial charge >= 0.3 is 6.03 Å². The first-order valence-corrected chi connectivity index (χ1v) is 8.19. The van der Waals surface area contributed by atoms with Gasteiger partial charge in [0.05, 0.1) is 0 Å². The normalized spacial score (nSPS) is 17.8. The van der Waals surface area contributed by atoms with E-state index in [0.717, 1.165) is 25.9 Å². The topological polar surface area (TPSA) is 75.9 Å². The monoisotopic (exact) mass is 332 g/mol. The van der Waals surface area contributed by atoms with Crippen molar-refractivity contribution in [1.29, 1.82) is 0 Å². The van der Waals surface area contributed by atoms with Gasteiger partial charge in [-0.1, -0.05) is 13.3 Å². The van der Waals surface area contributed by atoms with Crippen LogP contribution >= 0.6 is 0 Å². The fourth-order valence-corrected chi connectivity index (χ4v) is 2.99. The number of tetrazole rings is 1. The second-order valence-corrected chi connectivity index (χ2v) is 6.10. The van der Waals surface area contributed by atoms with Crippen molar-refractivity contribution >= 4 is 11.7 Å². The van der Waals surface area contributed by atoms with E-state index in [9.17, 15) is 9.18 Å². The van der Waals surface area contributed by atoms with Gasteiger partial charge in [-0.15, -0.1) is 5.10 Å². The zero-order valence-electron chi connectivity index (χ0n) is 13.9. The molecule has 1 saturated heterocycles. The molecule has 2 heterocycles. The molecular formula is C16H21FN6O. The number of rotatable bonds is 3. The molecule has 7 nitrogen and oxygen atoms in total. The van der Waals surface area contributed by atoms with Crippen LogP contribution in [0.3, 0.4) is 0 Å². The van der Waals surface area contributed by atoms with Gasteiger partial charge in [0, 0.05) is 18.8 Å². The molecule has 24 heavy (non-hydrogen) atoms. The van der Waals surface area contributed by atoms with E-state index in [-0.39, 0.29) is 11.7 Å². The molecule has 8 heteroatoms. The lowest BCUT2D eigenvalue weighted by molar-refractivity contribution is 0.176. The molecule has 1 N–H and O–H groups in total. The molecule has 128 valence electrons. The highest BCUT2D eigenvalue weighted by atomic mass is 19.1.